The quantitative estimate of drug-likeness (QED) is 0.784. The van der Waals surface area contributed by atoms with Crippen molar-refractivity contribution in [2.75, 3.05) is 13.7 Å². The highest BCUT2D eigenvalue weighted by Gasteiger charge is 2.35. The zero-order valence-corrected chi connectivity index (χ0v) is 13.5. The predicted molar refractivity (Wildman–Crippen MR) is 82.2 cm³/mol. The summed E-state index contributed by atoms with van der Waals surface area (Å²) in [6.45, 7) is 4.50. The van der Waals surface area contributed by atoms with Gasteiger partial charge in [0.25, 0.3) is 0 Å². The van der Waals surface area contributed by atoms with Crippen LogP contribution in [0.4, 0.5) is 0 Å². The molecule has 2 rings (SSSR count). The third-order valence-electron chi connectivity index (χ3n) is 4.02. The minimum atomic E-state index is -1.33. The lowest BCUT2D eigenvalue weighted by atomic mass is 10.1. The lowest BCUT2D eigenvalue weighted by Gasteiger charge is -2.37. The van der Waals surface area contributed by atoms with E-state index < -0.39 is 18.2 Å². The van der Waals surface area contributed by atoms with Gasteiger partial charge >= 0.3 is 0 Å². The molecule has 4 atom stereocenters. The molecule has 1 N–H and O–H groups in total. The van der Waals surface area contributed by atoms with Crippen LogP contribution in [-0.2, 0) is 25.6 Å². The van der Waals surface area contributed by atoms with Crippen LogP contribution >= 0.6 is 0 Å². The molecule has 0 aromatic heterocycles. The fourth-order valence-corrected chi connectivity index (χ4v) is 2.32. The zero-order valence-electron chi connectivity index (χ0n) is 13.5. The molecule has 5 nitrogen and oxygen atoms in total. The van der Waals surface area contributed by atoms with E-state index in [1.807, 2.05) is 30.3 Å². The van der Waals surface area contributed by atoms with Gasteiger partial charge in [0.1, 0.15) is 12.2 Å². The Morgan fingerprint density at radius 2 is 2.09 bits per heavy atom. The summed E-state index contributed by atoms with van der Waals surface area (Å²) in [7, 11) is 1.46. The summed E-state index contributed by atoms with van der Waals surface area (Å²) in [6.07, 6.45) is 0.631. The van der Waals surface area contributed by atoms with Gasteiger partial charge in [0.05, 0.1) is 6.61 Å². The Kier molecular flexibility index (Phi) is 6.35. The fourth-order valence-electron chi connectivity index (χ4n) is 2.32. The van der Waals surface area contributed by atoms with Crippen LogP contribution < -0.4 is 0 Å². The molecule has 0 aliphatic carbocycles. The highest BCUT2D eigenvalue weighted by Crippen LogP contribution is 2.24. The summed E-state index contributed by atoms with van der Waals surface area (Å²) in [5, 5.41) is 10.1. The van der Waals surface area contributed by atoms with E-state index in [0.29, 0.717) is 13.2 Å². The van der Waals surface area contributed by atoms with E-state index in [-0.39, 0.29) is 6.10 Å². The molecule has 5 heteroatoms. The number of methoxy groups -OCH3 is 1. The maximum atomic E-state index is 10.1. The third-order valence-corrected chi connectivity index (χ3v) is 4.02. The Morgan fingerprint density at radius 1 is 1.36 bits per heavy atom. The van der Waals surface area contributed by atoms with Gasteiger partial charge in [-0.15, -0.1) is 0 Å². The molecule has 1 unspecified atom stereocenters. The fraction of sp³-hybridized carbons (Fsp3) is 0.647. The third kappa shape index (κ3) is 4.76. The molecular weight excluding hydrogens is 284 g/mol. The largest absolute Gasteiger partial charge is 0.364 e. The normalized spacial score (nSPS) is 26.4. The van der Waals surface area contributed by atoms with Crippen molar-refractivity contribution in [3.05, 3.63) is 35.9 Å². The van der Waals surface area contributed by atoms with Gasteiger partial charge in [-0.2, -0.15) is 0 Å². The second-order valence-corrected chi connectivity index (χ2v) is 5.75. The van der Waals surface area contributed by atoms with Gasteiger partial charge in [-0.3, -0.25) is 0 Å². The van der Waals surface area contributed by atoms with Gasteiger partial charge in [-0.25, -0.2) is 0 Å². The van der Waals surface area contributed by atoms with E-state index in [1.54, 1.807) is 13.8 Å². The number of hydrogen-bond acceptors (Lipinski definition) is 5. The van der Waals surface area contributed by atoms with Crippen molar-refractivity contribution in [3.63, 3.8) is 0 Å². The molecule has 0 radical (unpaired) electrons. The predicted octanol–water partition coefficient (Wildman–Crippen LogP) is 2.47. The van der Waals surface area contributed by atoms with Gasteiger partial charge in [-0.1, -0.05) is 30.3 Å². The van der Waals surface area contributed by atoms with Crippen molar-refractivity contribution in [3.8, 4) is 0 Å². The minimum Gasteiger partial charge on any atom is -0.364 e. The maximum absolute atomic E-state index is 10.1. The number of hydrogen-bond donors (Lipinski definition) is 1. The van der Waals surface area contributed by atoms with Gasteiger partial charge in [-0.05, 0) is 32.3 Å². The van der Waals surface area contributed by atoms with E-state index >= 15 is 0 Å². The van der Waals surface area contributed by atoms with Crippen LogP contribution in [0.25, 0.3) is 0 Å². The second-order valence-electron chi connectivity index (χ2n) is 5.75. The first-order valence-corrected chi connectivity index (χ1v) is 7.73. The van der Waals surface area contributed by atoms with Crippen LogP contribution in [-0.4, -0.2) is 43.1 Å². The first-order chi connectivity index (χ1) is 10.5. The van der Waals surface area contributed by atoms with Crippen LogP contribution in [0.15, 0.2) is 30.3 Å². The number of ether oxygens (including phenoxy) is 4. The smallest absolute Gasteiger partial charge is 0.188 e. The first kappa shape index (κ1) is 17.4. The molecule has 1 aliphatic rings. The molecule has 0 spiro atoms. The van der Waals surface area contributed by atoms with E-state index in [9.17, 15) is 5.11 Å². The van der Waals surface area contributed by atoms with Gasteiger partial charge in [0, 0.05) is 13.7 Å². The highest BCUT2D eigenvalue weighted by molar-refractivity contribution is 5.13. The molecule has 0 amide bonds. The molecule has 1 aromatic carbocycles. The van der Waals surface area contributed by atoms with Crippen molar-refractivity contribution in [2.45, 2.75) is 57.6 Å². The van der Waals surface area contributed by atoms with Gasteiger partial charge in [0.2, 0.25) is 0 Å². The number of benzene rings is 1. The SMILES string of the molecule is CO[C@@](C)(O)[C@H](C)O[C@H]1CCCOC1OCc1ccccc1. The lowest BCUT2D eigenvalue weighted by Crippen LogP contribution is -2.47. The van der Waals surface area contributed by atoms with Crippen LogP contribution in [0.2, 0.25) is 0 Å². The average Bonchev–Trinajstić information content (AvgIpc) is 2.55. The molecule has 1 aromatic rings. The second kappa shape index (κ2) is 8.04. The molecule has 1 saturated heterocycles. The van der Waals surface area contributed by atoms with Crippen molar-refractivity contribution in [1.29, 1.82) is 0 Å². The molecule has 0 bridgehead atoms. The van der Waals surface area contributed by atoms with E-state index in [1.165, 1.54) is 7.11 Å². The molecule has 1 fully saturated rings. The molecular formula is C17H26O5. The molecule has 1 aliphatic heterocycles. The average molecular weight is 310 g/mol. The summed E-state index contributed by atoms with van der Waals surface area (Å²) in [5.74, 6) is -1.33. The molecule has 0 saturated carbocycles. The Balaban J connectivity index is 1.90. The topological polar surface area (TPSA) is 57.2 Å². The van der Waals surface area contributed by atoms with E-state index in [2.05, 4.69) is 0 Å². The Hall–Kier alpha value is -0.980. The van der Waals surface area contributed by atoms with Gasteiger partial charge < -0.3 is 24.1 Å². The molecule has 124 valence electrons. The summed E-state index contributed by atoms with van der Waals surface area (Å²) in [6, 6.07) is 9.95. The minimum absolute atomic E-state index is 0.214. The molecule has 22 heavy (non-hydrogen) atoms. The van der Waals surface area contributed by atoms with Crippen LogP contribution in [0.5, 0.6) is 0 Å². The lowest BCUT2D eigenvalue weighted by molar-refractivity contribution is -0.290. The number of rotatable bonds is 7. The summed E-state index contributed by atoms with van der Waals surface area (Å²) in [5.41, 5.74) is 1.09. The first-order valence-electron chi connectivity index (χ1n) is 7.73. The van der Waals surface area contributed by atoms with Crippen molar-refractivity contribution >= 4 is 0 Å². The summed E-state index contributed by atoms with van der Waals surface area (Å²) < 4.78 is 22.5. The zero-order chi connectivity index (χ0) is 16.0. The Labute approximate surface area is 132 Å². The Morgan fingerprint density at radius 3 is 2.77 bits per heavy atom. The molecule has 1 heterocycles. The van der Waals surface area contributed by atoms with Crippen molar-refractivity contribution in [1.82, 2.24) is 0 Å². The monoisotopic (exact) mass is 310 g/mol. The Bertz CT molecular complexity index is 434. The van der Waals surface area contributed by atoms with E-state index in [0.717, 1.165) is 18.4 Å². The van der Waals surface area contributed by atoms with Crippen LogP contribution in [0, 0.1) is 0 Å². The number of aliphatic hydroxyl groups is 1. The van der Waals surface area contributed by atoms with Crippen LogP contribution in [0.3, 0.4) is 0 Å². The summed E-state index contributed by atoms with van der Waals surface area (Å²) in [4.78, 5) is 0. The maximum Gasteiger partial charge on any atom is 0.188 e. The van der Waals surface area contributed by atoms with Crippen molar-refractivity contribution in [2.24, 2.45) is 0 Å². The van der Waals surface area contributed by atoms with Gasteiger partial charge in [0.15, 0.2) is 12.1 Å². The van der Waals surface area contributed by atoms with Crippen LogP contribution in [0.1, 0.15) is 32.3 Å². The highest BCUT2D eigenvalue weighted by atomic mass is 16.7. The standard InChI is InChI=1S/C17H26O5/c1-13(17(2,18)19-3)22-15-10-7-11-20-16(15)21-12-14-8-5-4-6-9-14/h4-6,8-9,13,15-16,18H,7,10-12H2,1-3H3/t13-,15-,16?,17+/m0/s1. The van der Waals surface area contributed by atoms with Crippen molar-refractivity contribution < 1.29 is 24.1 Å². The summed E-state index contributed by atoms with van der Waals surface area (Å²) >= 11 is 0. The van der Waals surface area contributed by atoms with E-state index in [4.69, 9.17) is 18.9 Å².